The van der Waals surface area contributed by atoms with Crippen molar-refractivity contribution in [3.8, 4) is 0 Å². The van der Waals surface area contributed by atoms with E-state index >= 15 is 0 Å². The Labute approximate surface area is 61.5 Å². The first-order chi connectivity index (χ1) is 4.93. The van der Waals surface area contributed by atoms with E-state index in [4.69, 9.17) is 5.41 Å². The molecule has 1 N–H and O–H groups in total. The van der Waals surface area contributed by atoms with Crippen molar-refractivity contribution in [2.45, 2.75) is 0 Å². The molecule has 0 spiro atoms. The molecular weight excluding hydrogens is 122 g/mol. The maximum absolute atomic E-state index is 5.50. The lowest BCUT2D eigenvalue weighted by Crippen LogP contribution is -1.63. The van der Waals surface area contributed by atoms with Gasteiger partial charge in [0.2, 0.25) is 0 Å². The highest BCUT2D eigenvalue weighted by Crippen LogP contribution is 1.97. The van der Waals surface area contributed by atoms with Crippen LogP contribution in [-0.2, 0) is 0 Å². The zero-order chi connectivity index (χ0) is 7.82. The summed E-state index contributed by atoms with van der Waals surface area (Å²) in [4.78, 5) is 0. The van der Waals surface area contributed by atoms with Gasteiger partial charge in [0.1, 0.15) is 0 Å². The fourth-order valence-electron chi connectivity index (χ4n) is 0.589. The molecule has 0 atom stereocenters. The number of benzene rings is 1. The molecule has 0 heterocycles. The molecule has 52 valence electrons. The van der Waals surface area contributed by atoms with Crippen molar-refractivity contribution < 1.29 is 0 Å². The lowest BCUT2D eigenvalue weighted by Gasteiger charge is -1.85. The van der Waals surface area contributed by atoms with Gasteiger partial charge < -0.3 is 5.41 Å². The predicted molar refractivity (Wildman–Crippen MR) is 46.4 cm³/mol. The van der Waals surface area contributed by atoms with Gasteiger partial charge in [-0.15, -0.1) is 0 Å². The molecule has 0 amide bonds. The summed E-state index contributed by atoms with van der Waals surface area (Å²) in [6.45, 7) is 6.13. The van der Waals surface area contributed by atoms with Crippen molar-refractivity contribution >= 4 is 12.8 Å². The van der Waals surface area contributed by atoms with E-state index in [0.29, 0.717) is 0 Å². The normalized spacial score (nSPS) is 7.20. The first-order valence-electron chi connectivity index (χ1n) is 2.96. The number of hydrogen-bond donors (Lipinski definition) is 1. The van der Waals surface area contributed by atoms with E-state index in [9.17, 15) is 0 Å². The summed E-state index contributed by atoms with van der Waals surface area (Å²) in [6.07, 6.45) is 1.83. The molecule has 0 radical (unpaired) electrons. The van der Waals surface area contributed by atoms with Gasteiger partial charge in [0.05, 0.1) is 0 Å². The first kappa shape index (κ1) is 8.63. The lowest BCUT2D eigenvalue weighted by molar-refractivity contribution is 1.61. The molecule has 0 aliphatic carbocycles. The van der Waals surface area contributed by atoms with Crippen LogP contribution in [0.2, 0.25) is 0 Å². The van der Waals surface area contributed by atoms with Gasteiger partial charge in [-0.1, -0.05) is 43.0 Å². The van der Waals surface area contributed by atoms with Crippen LogP contribution in [0.4, 0.5) is 0 Å². The molecular formula is C9H11N. The molecule has 0 fully saturated rings. The highest BCUT2D eigenvalue weighted by molar-refractivity contribution is 5.45. The van der Waals surface area contributed by atoms with Crippen molar-refractivity contribution in [3.63, 3.8) is 0 Å². The van der Waals surface area contributed by atoms with Gasteiger partial charge in [-0.3, -0.25) is 0 Å². The molecule has 1 aromatic carbocycles. The summed E-state index contributed by atoms with van der Waals surface area (Å²) in [7, 11) is 0. The van der Waals surface area contributed by atoms with Crippen LogP contribution < -0.4 is 0 Å². The molecule has 0 aromatic heterocycles. The van der Waals surface area contributed by atoms with E-state index in [1.54, 1.807) is 0 Å². The Morgan fingerprint density at radius 2 is 1.60 bits per heavy atom. The van der Waals surface area contributed by atoms with Gasteiger partial charge in [0, 0.05) is 0 Å². The Balaban J connectivity index is 0.000000371. The van der Waals surface area contributed by atoms with Crippen LogP contribution in [0.3, 0.4) is 0 Å². The standard InChI is InChI=1S/C8H8.CH3N/c1-2-8-6-4-3-5-7-8;1-2/h2-7H,1H2;2H,1H2. The van der Waals surface area contributed by atoms with E-state index in [1.165, 1.54) is 5.56 Å². The SMILES string of the molecule is C=Cc1ccccc1.C=N. The largest absolute Gasteiger partial charge is 0.317 e. The van der Waals surface area contributed by atoms with Crippen molar-refractivity contribution in [2.24, 2.45) is 0 Å². The number of rotatable bonds is 1. The molecule has 0 saturated heterocycles. The molecule has 1 aromatic rings. The zero-order valence-electron chi connectivity index (χ0n) is 5.88. The van der Waals surface area contributed by atoms with E-state index in [0.717, 1.165) is 0 Å². The quantitative estimate of drug-likeness (QED) is 0.569. The minimum absolute atomic E-state index is 1.17. The van der Waals surface area contributed by atoms with E-state index in [-0.39, 0.29) is 0 Å². The van der Waals surface area contributed by atoms with E-state index in [2.05, 4.69) is 13.3 Å². The number of hydrogen-bond acceptors (Lipinski definition) is 1. The second kappa shape index (κ2) is 5.76. The van der Waals surface area contributed by atoms with Gasteiger partial charge in [-0.25, -0.2) is 0 Å². The molecule has 0 aliphatic rings. The average molecular weight is 133 g/mol. The minimum atomic E-state index is 1.17. The molecule has 0 unspecified atom stereocenters. The Bertz CT molecular complexity index is 179. The van der Waals surface area contributed by atoms with Crippen LogP contribution in [0.25, 0.3) is 6.08 Å². The van der Waals surface area contributed by atoms with Gasteiger partial charge in [0.15, 0.2) is 0 Å². The Morgan fingerprint density at radius 3 is 1.90 bits per heavy atom. The van der Waals surface area contributed by atoms with Crippen LogP contribution in [0.5, 0.6) is 0 Å². The maximum atomic E-state index is 5.50. The van der Waals surface area contributed by atoms with Gasteiger partial charge in [0.25, 0.3) is 0 Å². The second-order valence-electron chi connectivity index (χ2n) is 1.61. The molecule has 10 heavy (non-hydrogen) atoms. The Morgan fingerprint density at radius 1 is 1.10 bits per heavy atom. The van der Waals surface area contributed by atoms with Crippen LogP contribution in [0.1, 0.15) is 5.56 Å². The molecule has 1 heteroatoms. The third-order valence-corrected chi connectivity index (χ3v) is 1.04. The van der Waals surface area contributed by atoms with Gasteiger partial charge in [-0.2, -0.15) is 0 Å². The topological polar surface area (TPSA) is 23.9 Å². The van der Waals surface area contributed by atoms with Crippen molar-refractivity contribution in [1.82, 2.24) is 0 Å². The van der Waals surface area contributed by atoms with Gasteiger partial charge >= 0.3 is 0 Å². The van der Waals surface area contributed by atoms with Crippen molar-refractivity contribution in [2.75, 3.05) is 0 Å². The van der Waals surface area contributed by atoms with Crippen LogP contribution in [0.15, 0.2) is 36.9 Å². The summed E-state index contributed by atoms with van der Waals surface area (Å²) in [5, 5.41) is 5.50. The van der Waals surface area contributed by atoms with Crippen LogP contribution in [-0.4, -0.2) is 6.72 Å². The summed E-state index contributed by atoms with van der Waals surface area (Å²) < 4.78 is 0. The molecule has 0 aliphatic heterocycles. The summed E-state index contributed by atoms with van der Waals surface area (Å²) in [6, 6.07) is 10.0. The summed E-state index contributed by atoms with van der Waals surface area (Å²) in [5.41, 5.74) is 1.17. The monoisotopic (exact) mass is 133 g/mol. The Kier molecular flexibility index (Phi) is 4.97. The first-order valence-corrected chi connectivity index (χ1v) is 2.96. The van der Waals surface area contributed by atoms with Crippen LogP contribution in [0, 0.1) is 5.41 Å². The van der Waals surface area contributed by atoms with Crippen molar-refractivity contribution in [1.29, 1.82) is 5.41 Å². The second-order valence-corrected chi connectivity index (χ2v) is 1.61. The average Bonchev–Trinajstić information content (AvgIpc) is 2.10. The minimum Gasteiger partial charge on any atom is -0.317 e. The zero-order valence-corrected chi connectivity index (χ0v) is 5.88. The summed E-state index contributed by atoms with van der Waals surface area (Å²) in [5.74, 6) is 0. The number of nitrogens with one attached hydrogen (secondary N) is 1. The van der Waals surface area contributed by atoms with E-state index < -0.39 is 0 Å². The summed E-state index contributed by atoms with van der Waals surface area (Å²) >= 11 is 0. The Hall–Kier alpha value is -1.37. The third-order valence-electron chi connectivity index (χ3n) is 1.04. The smallest absolute Gasteiger partial charge is 0.0187 e. The van der Waals surface area contributed by atoms with Crippen LogP contribution >= 0.6 is 0 Å². The molecule has 1 nitrogen and oxygen atoms in total. The maximum Gasteiger partial charge on any atom is -0.0187 e. The lowest BCUT2D eigenvalue weighted by atomic mass is 10.2. The fourth-order valence-corrected chi connectivity index (χ4v) is 0.589. The highest BCUT2D eigenvalue weighted by Gasteiger charge is 1.75. The molecule has 0 bridgehead atoms. The van der Waals surface area contributed by atoms with Crippen molar-refractivity contribution in [3.05, 3.63) is 42.5 Å². The molecule has 0 saturated carbocycles. The fraction of sp³-hybridized carbons (Fsp3) is 0. The third kappa shape index (κ3) is 2.82. The van der Waals surface area contributed by atoms with Gasteiger partial charge in [-0.05, 0) is 12.3 Å². The van der Waals surface area contributed by atoms with E-state index in [1.807, 2.05) is 36.4 Å². The predicted octanol–water partition coefficient (Wildman–Crippen LogP) is 2.60. The molecule has 1 rings (SSSR count). The highest BCUT2D eigenvalue weighted by atomic mass is 14.2.